The highest BCUT2D eigenvalue weighted by atomic mass is 19.1. The third-order valence-corrected chi connectivity index (χ3v) is 5.35. The highest BCUT2D eigenvalue weighted by Gasteiger charge is 2.43. The Morgan fingerprint density at radius 2 is 1.87 bits per heavy atom. The molecule has 1 aromatic carbocycles. The summed E-state index contributed by atoms with van der Waals surface area (Å²) in [6.45, 7) is 0. The molecule has 1 saturated carbocycles. The van der Waals surface area contributed by atoms with Crippen molar-refractivity contribution in [1.82, 2.24) is 24.6 Å². The molecule has 2 N–H and O–H groups in total. The molecule has 0 radical (unpaired) electrons. The molecule has 0 aliphatic heterocycles. The minimum atomic E-state index is -0.822. The molecule has 0 amide bonds. The van der Waals surface area contributed by atoms with Gasteiger partial charge in [0.2, 0.25) is 5.95 Å². The van der Waals surface area contributed by atoms with Gasteiger partial charge in [-0.2, -0.15) is 19.3 Å². The minimum absolute atomic E-state index is 0.00338. The summed E-state index contributed by atoms with van der Waals surface area (Å²) >= 11 is 0. The van der Waals surface area contributed by atoms with Crippen LogP contribution in [0, 0.1) is 28.9 Å². The number of nitrogens with one attached hydrogen (secondary N) is 2. The molecular weight excluding hydrogens is 413 g/mol. The van der Waals surface area contributed by atoms with Gasteiger partial charge in [0.1, 0.15) is 17.7 Å². The lowest BCUT2D eigenvalue weighted by molar-refractivity contribution is 0.549. The molecule has 4 aromatic rings. The Morgan fingerprint density at radius 3 is 2.61 bits per heavy atom. The standard InChI is InChI=1S/C20H11F3N6O2/c21-14-3-11(15(22)1-8(14)5-24)9-2-10(9)12-4-16(13-6-26-20(31)27-19(13)30)28-29-17(23)7-25-18(12)29/h1,3-4,6-7,9-10H,2H2,(H2,26,27,30,31)/t9-,10-/m0/s1. The highest BCUT2D eigenvalue weighted by Crippen LogP contribution is 2.56. The number of imidazole rings is 1. The second kappa shape index (κ2) is 6.66. The number of hydrogen-bond donors (Lipinski definition) is 2. The molecule has 3 heterocycles. The number of nitriles is 1. The van der Waals surface area contributed by atoms with Gasteiger partial charge in [-0.25, -0.2) is 18.6 Å². The van der Waals surface area contributed by atoms with Gasteiger partial charge in [-0.3, -0.25) is 9.78 Å². The number of fused-ring (bicyclic) bond motifs is 1. The molecular formula is C20H11F3N6O2. The second-order valence-electron chi connectivity index (χ2n) is 7.20. The molecule has 5 rings (SSSR count). The van der Waals surface area contributed by atoms with Gasteiger partial charge in [-0.05, 0) is 42.0 Å². The van der Waals surface area contributed by atoms with Crippen molar-refractivity contribution in [3.63, 3.8) is 0 Å². The van der Waals surface area contributed by atoms with Crippen molar-refractivity contribution >= 4 is 5.65 Å². The summed E-state index contributed by atoms with van der Waals surface area (Å²) in [5.41, 5.74) is -0.943. The number of aromatic amines is 2. The Balaban J connectivity index is 1.63. The molecule has 2 atom stereocenters. The Bertz CT molecular complexity index is 1530. The number of rotatable bonds is 3. The molecule has 1 aliphatic rings. The number of H-pyrrole nitrogens is 2. The predicted molar refractivity (Wildman–Crippen MR) is 101 cm³/mol. The summed E-state index contributed by atoms with van der Waals surface area (Å²) in [7, 11) is 0. The van der Waals surface area contributed by atoms with Crippen LogP contribution in [-0.4, -0.2) is 24.6 Å². The maximum atomic E-state index is 14.5. The van der Waals surface area contributed by atoms with Gasteiger partial charge >= 0.3 is 5.69 Å². The third kappa shape index (κ3) is 3.00. The van der Waals surface area contributed by atoms with Crippen molar-refractivity contribution in [2.75, 3.05) is 0 Å². The topological polar surface area (TPSA) is 120 Å². The Kier molecular flexibility index (Phi) is 4.04. The zero-order valence-electron chi connectivity index (χ0n) is 15.5. The van der Waals surface area contributed by atoms with Crippen LogP contribution >= 0.6 is 0 Å². The molecule has 0 spiro atoms. The summed E-state index contributed by atoms with van der Waals surface area (Å²) in [4.78, 5) is 31.9. The fourth-order valence-electron chi connectivity index (χ4n) is 3.78. The van der Waals surface area contributed by atoms with Crippen molar-refractivity contribution in [2.45, 2.75) is 18.3 Å². The first-order chi connectivity index (χ1) is 14.9. The van der Waals surface area contributed by atoms with Gasteiger partial charge < -0.3 is 4.98 Å². The molecule has 1 aliphatic carbocycles. The van der Waals surface area contributed by atoms with Gasteiger partial charge in [-0.1, -0.05) is 0 Å². The zero-order chi connectivity index (χ0) is 21.9. The van der Waals surface area contributed by atoms with E-state index in [0.717, 1.165) is 29.0 Å². The van der Waals surface area contributed by atoms with Crippen LogP contribution in [0.5, 0.6) is 0 Å². The summed E-state index contributed by atoms with van der Waals surface area (Å²) in [6, 6.07) is 4.96. The monoisotopic (exact) mass is 424 g/mol. The molecule has 0 saturated heterocycles. The van der Waals surface area contributed by atoms with Crippen LogP contribution in [0.1, 0.15) is 34.9 Å². The van der Waals surface area contributed by atoms with Gasteiger partial charge in [0.05, 0.1) is 23.0 Å². The van der Waals surface area contributed by atoms with Crippen LogP contribution < -0.4 is 11.2 Å². The Hall–Kier alpha value is -4.20. The summed E-state index contributed by atoms with van der Waals surface area (Å²) < 4.78 is 43.7. The fourth-order valence-corrected chi connectivity index (χ4v) is 3.78. The molecule has 0 bridgehead atoms. The van der Waals surface area contributed by atoms with E-state index in [1.165, 1.54) is 6.07 Å². The van der Waals surface area contributed by atoms with E-state index in [4.69, 9.17) is 5.26 Å². The lowest BCUT2D eigenvalue weighted by Gasteiger charge is -2.08. The molecule has 1 fully saturated rings. The van der Waals surface area contributed by atoms with Crippen LogP contribution in [0.4, 0.5) is 13.2 Å². The molecule has 0 unspecified atom stereocenters. The van der Waals surface area contributed by atoms with Crippen molar-refractivity contribution in [1.29, 1.82) is 5.26 Å². The maximum absolute atomic E-state index is 14.5. The first-order valence-electron chi connectivity index (χ1n) is 9.13. The highest BCUT2D eigenvalue weighted by molar-refractivity contribution is 5.63. The van der Waals surface area contributed by atoms with Crippen molar-refractivity contribution < 1.29 is 13.2 Å². The number of nitrogens with zero attached hydrogens (tertiary/aromatic N) is 4. The van der Waals surface area contributed by atoms with Gasteiger partial charge in [0.15, 0.2) is 5.65 Å². The summed E-state index contributed by atoms with van der Waals surface area (Å²) in [5, 5.41) is 12.9. The van der Waals surface area contributed by atoms with E-state index < -0.39 is 34.7 Å². The van der Waals surface area contributed by atoms with Gasteiger partial charge in [0.25, 0.3) is 5.56 Å². The lowest BCUT2D eigenvalue weighted by Crippen LogP contribution is -2.23. The van der Waals surface area contributed by atoms with Crippen LogP contribution in [0.2, 0.25) is 0 Å². The van der Waals surface area contributed by atoms with E-state index in [0.29, 0.717) is 12.0 Å². The average molecular weight is 424 g/mol. The average Bonchev–Trinajstić information content (AvgIpc) is 3.44. The van der Waals surface area contributed by atoms with Crippen LogP contribution in [-0.2, 0) is 0 Å². The lowest BCUT2D eigenvalue weighted by atomic mass is 10.0. The normalized spacial score (nSPS) is 17.6. The quantitative estimate of drug-likeness (QED) is 0.523. The number of benzene rings is 1. The van der Waals surface area contributed by atoms with E-state index in [1.54, 1.807) is 6.07 Å². The SMILES string of the molecule is N#Cc1cc(F)c([C@H]2C[C@@H]2c2cc(-c3c[nH]c(=O)[nH]c3=O)nn3c(F)cnc23)cc1F. The van der Waals surface area contributed by atoms with E-state index >= 15 is 0 Å². The fraction of sp³-hybridized carbons (Fsp3) is 0.150. The van der Waals surface area contributed by atoms with E-state index in [9.17, 15) is 22.8 Å². The zero-order valence-corrected chi connectivity index (χ0v) is 15.5. The third-order valence-electron chi connectivity index (χ3n) is 5.35. The van der Waals surface area contributed by atoms with Crippen molar-refractivity contribution in [2.24, 2.45) is 0 Å². The molecule has 154 valence electrons. The van der Waals surface area contributed by atoms with E-state index in [2.05, 4.69) is 20.1 Å². The summed E-state index contributed by atoms with van der Waals surface area (Å²) in [5.74, 6) is -3.06. The summed E-state index contributed by atoms with van der Waals surface area (Å²) in [6.07, 6.45) is 2.55. The predicted octanol–water partition coefficient (Wildman–Crippen LogP) is 2.33. The van der Waals surface area contributed by atoms with Crippen LogP contribution in [0.25, 0.3) is 16.9 Å². The number of hydrogen-bond acceptors (Lipinski definition) is 5. The molecule has 3 aromatic heterocycles. The smallest absolute Gasteiger partial charge is 0.313 e. The largest absolute Gasteiger partial charge is 0.325 e. The van der Waals surface area contributed by atoms with Crippen LogP contribution in [0.3, 0.4) is 0 Å². The van der Waals surface area contributed by atoms with Crippen molar-refractivity contribution in [3.05, 3.63) is 85.7 Å². The van der Waals surface area contributed by atoms with E-state index in [1.807, 2.05) is 0 Å². The molecule has 11 heteroatoms. The molecule has 31 heavy (non-hydrogen) atoms. The first-order valence-corrected chi connectivity index (χ1v) is 9.13. The first kappa shape index (κ1) is 18.8. The second-order valence-corrected chi connectivity index (χ2v) is 7.20. The minimum Gasteiger partial charge on any atom is -0.313 e. The molecule has 8 nitrogen and oxygen atoms in total. The van der Waals surface area contributed by atoms with Crippen molar-refractivity contribution in [3.8, 4) is 17.3 Å². The van der Waals surface area contributed by atoms with Crippen LogP contribution in [0.15, 0.2) is 40.2 Å². The van der Waals surface area contributed by atoms with Gasteiger partial charge in [0, 0.05) is 11.8 Å². The number of aromatic nitrogens is 5. The van der Waals surface area contributed by atoms with E-state index in [-0.39, 0.29) is 33.9 Å². The Labute approximate surface area is 170 Å². The Morgan fingerprint density at radius 1 is 1.10 bits per heavy atom. The maximum Gasteiger partial charge on any atom is 0.325 e. The number of halogens is 3. The van der Waals surface area contributed by atoms with Gasteiger partial charge in [-0.15, -0.1) is 0 Å².